The van der Waals surface area contributed by atoms with E-state index in [0.29, 0.717) is 6.61 Å². The minimum atomic E-state index is -0.157. The average molecular weight is 395 g/mol. The van der Waals surface area contributed by atoms with Crippen LogP contribution in [-0.4, -0.2) is 66.2 Å². The fourth-order valence-electron chi connectivity index (χ4n) is 4.15. The first-order chi connectivity index (χ1) is 14.2. The number of carbonyl (C=O) groups excluding carboxylic acids is 1. The number of hydrogen-bond donors (Lipinski definition) is 1. The van der Waals surface area contributed by atoms with E-state index in [2.05, 4.69) is 17.0 Å². The first-order valence-corrected chi connectivity index (χ1v) is 10.7. The number of likely N-dealkylation sites (tertiary alicyclic amines) is 2. The number of rotatable bonds is 7. The van der Waals surface area contributed by atoms with Gasteiger partial charge in [-0.15, -0.1) is 0 Å². The molecule has 0 unspecified atom stereocenters. The highest BCUT2D eigenvalue weighted by atomic mass is 16.5. The summed E-state index contributed by atoms with van der Waals surface area (Å²) in [5.74, 6) is 1.01. The van der Waals surface area contributed by atoms with Gasteiger partial charge in [-0.25, -0.2) is 0 Å². The van der Waals surface area contributed by atoms with E-state index >= 15 is 0 Å². The van der Waals surface area contributed by atoms with E-state index in [0.717, 1.165) is 80.8 Å². The van der Waals surface area contributed by atoms with E-state index in [-0.39, 0.29) is 12.0 Å². The number of β-amino-alcohol motifs (C(OH)–C–C–N with tert-alkyl or cyclic N) is 1. The van der Waals surface area contributed by atoms with Crippen LogP contribution in [0.3, 0.4) is 0 Å². The van der Waals surface area contributed by atoms with Crippen LogP contribution in [0.5, 0.6) is 5.75 Å². The van der Waals surface area contributed by atoms with Gasteiger partial charge in [0.2, 0.25) is 0 Å². The molecule has 2 fully saturated rings. The zero-order valence-electron chi connectivity index (χ0n) is 16.9. The highest BCUT2D eigenvalue weighted by Crippen LogP contribution is 2.24. The molecule has 1 amide bonds. The molecule has 0 spiro atoms. The molecule has 0 aromatic heterocycles. The summed E-state index contributed by atoms with van der Waals surface area (Å²) in [5, 5.41) is 9.55. The van der Waals surface area contributed by atoms with Crippen LogP contribution in [0.2, 0.25) is 0 Å². The monoisotopic (exact) mass is 394 g/mol. The van der Waals surface area contributed by atoms with Crippen LogP contribution in [0, 0.1) is 0 Å². The molecule has 154 valence electrons. The molecular formula is C24H30N2O3. The van der Waals surface area contributed by atoms with Crippen molar-refractivity contribution in [2.75, 3.05) is 39.3 Å². The summed E-state index contributed by atoms with van der Waals surface area (Å²) in [6, 6.07) is 16.0. The van der Waals surface area contributed by atoms with Crippen LogP contribution in [-0.2, 0) is 0 Å². The second kappa shape index (κ2) is 9.42. The number of aliphatic hydroxyl groups is 1. The van der Waals surface area contributed by atoms with Crippen LogP contribution in [0.1, 0.15) is 36.0 Å². The quantitative estimate of drug-likeness (QED) is 0.731. The van der Waals surface area contributed by atoms with E-state index in [1.54, 1.807) is 0 Å². The molecule has 0 saturated carbocycles. The van der Waals surface area contributed by atoms with Crippen molar-refractivity contribution >= 4 is 5.91 Å². The molecular weight excluding hydrogens is 364 g/mol. The zero-order chi connectivity index (χ0) is 20.1. The molecule has 2 aromatic carbocycles. The summed E-state index contributed by atoms with van der Waals surface area (Å²) in [7, 11) is 0. The van der Waals surface area contributed by atoms with Gasteiger partial charge in [-0.2, -0.15) is 0 Å². The standard InChI is InChI=1S/C24H30N2O3/c27-22-12-16-25(18-22)13-3-17-29-23-10-8-20(9-11-23)19-4-6-21(7-5-19)24(28)26-14-1-2-15-26/h4-11,22,27H,1-3,12-18H2/t22-/m0/s1. The number of nitrogens with zero attached hydrogens (tertiary/aromatic N) is 2. The van der Waals surface area contributed by atoms with Crippen molar-refractivity contribution in [1.29, 1.82) is 0 Å². The zero-order valence-corrected chi connectivity index (χ0v) is 16.9. The van der Waals surface area contributed by atoms with Crippen molar-refractivity contribution in [3.05, 3.63) is 54.1 Å². The fraction of sp³-hybridized carbons (Fsp3) is 0.458. The Bertz CT molecular complexity index is 798. The summed E-state index contributed by atoms with van der Waals surface area (Å²) in [5.41, 5.74) is 2.98. The maximum atomic E-state index is 12.5. The van der Waals surface area contributed by atoms with Gasteiger partial charge in [-0.05, 0) is 61.1 Å². The lowest BCUT2D eigenvalue weighted by Crippen LogP contribution is -2.27. The molecule has 2 heterocycles. The minimum absolute atomic E-state index is 0.140. The highest BCUT2D eigenvalue weighted by molar-refractivity contribution is 5.94. The first kappa shape index (κ1) is 19.9. The molecule has 2 saturated heterocycles. The van der Waals surface area contributed by atoms with E-state index in [1.165, 1.54) is 0 Å². The number of benzene rings is 2. The van der Waals surface area contributed by atoms with E-state index in [9.17, 15) is 9.90 Å². The Morgan fingerprint density at radius 3 is 2.24 bits per heavy atom. The van der Waals surface area contributed by atoms with Crippen LogP contribution in [0.4, 0.5) is 0 Å². The van der Waals surface area contributed by atoms with E-state index in [4.69, 9.17) is 4.74 Å². The Morgan fingerprint density at radius 2 is 1.62 bits per heavy atom. The molecule has 2 aromatic rings. The Balaban J connectivity index is 1.26. The van der Waals surface area contributed by atoms with Crippen LogP contribution >= 0.6 is 0 Å². The van der Waals surface area contributed by atoms with E-state index in [1.807, 2.05) is 41.3 Å². The molecule has 2 aliphatic rings. The normalized spacial score (nSPS) is 19.6. The minimum Gasteiger partial charge on any atom is -0.494 e. The van der Waals surface area contributed by atoms with Gasteiger partial charge in [-0.3, -0.25) is 4.79 Å². The number of carbonyl (C=O) groups is 1. The Morgan fingerprint density at radius 1 is 0.966 bits per heavy atom. The predicted octanol–water partition coefficient (Wildman–Crippen LogP) is 3.43. The van der Waals surface area contributed by atoms with Gasteiger partial charge in [-0.1, -0.05) is 24.3 Å². The molecule has 5 nitrogen and oxygen atoms in total. The third-order valence-electron chi connectivity index (χ3n) is 5.85. The smallest absolute Gasteiger partial charge is 0.253 e. The van der Waals surface area contributed by atoms with Crippen LogP contribution in [0.25, 0.3) is 11.1 Å². The number of ether oxygens (including phenoxy) is 1. The Labute approximate surface area is 172 Å². The first-order valence-electron chi connectivity index (χ1n) is 10.7. The lowest BCUT2D eigenvalue weighted by Gasteiger charge is -2.15. The molecule has 1 atom stereocenters. The number of hydrogen-bond acceptors (Lipinski definition) is 4. The Hall–Kier alpha value is -2.37. The maximum Gasteiger partial charge on any atom is 0.253 e. The van der Waals surface area contributed by atoms with Gasteiger partial charge in [0.15, 0.2) is 0 Å². The molecule has 29 heavy (non-hydrogen) atoms. The highest BCUT2D eigenvalue weighted by Gasteiger charge is 2.20. The topological polar surface area (TPSA) is 53.0 Å². The maximum absolute atomic E-state index is 12.5. The molecule has 0 aliphatic carbocycles. The van der Waals surface area contributed by atoms with Crippen molar-refractivity contribution < 1.29 is 14.6 Å². The summed E-state index contributed by atoms with van der Waals surface area (Å²) >= 11 is 0. The summed E-state index contributed by atoms with van der Waals surface area (Å²) in [6.45, 7) is 5.18. The van der Waals surface area contributed by atoms with Crippen molar-refractivity contribution in [2.45, 2.75) is 31.8 Å². The third-order valence-corrected chi connectivity index (χ3v) is 5.85. The Kier molecular flexibility index (Phi) is 6.47. The van der Waals surface area contributed by atoms with Gasteiger partial charge in [0.25, 0.3) is 5.91 Å². The van der Waals surface area contributed by atoms with Crippen molar-refractivity contribution in [1.82, 2.24) is 9.80 Å². The molecule has 1 N–H and O–H groups in total. The SMILES string of the molecule is O=C(c1ccc(-c2ccc(OCCCN3CC[C@H](O)C3)cc2)cc1)N1CCCC1. The summed E-state index contributed by atoms with van der Waals surface area (Å²) in [4.78, 5) is 16.7. The van der Waals surface area contributed by atoms with Gasteiger partial charge >= 0.3 is 0 Å². The fourth-order valence-corrected chi connectivity index (χ4v) is 4.15. The van der Waals surface area contributed by atoms with E-state index < -0.39 is 0 Å². The second-order valence-electron chi connectivity index (χ2n) is 8.05. The van der Waals surface area contributed by atoms with Crippen molar-refractivity contribution in [3.8, 4) is 16.9 Å². The summed E-state index contributed by atoms with van der Waals surface area (Å²) in [6.07, 6.45) is 3.91. The van der Waals surface area contributed by atoms with Gasteiger partial charge in [0, 0.05) is 38.3 Å². The average Bonchev–Trinajstić information content (AvgIpc) is 3.43. The predicted molar refractivity (Wildman–Crippen MR) is 114 cm³/mol. The largest absolute Gasteiger partial charge is 0.494 e. The van der Waals surface area contributed by atoms with Crippen molar-refractivity contribution in [3.63, 3.8) is 0 Å². The lowest BCUT2D eigenvalue weighted by molar-refractivity contribution is 0.0793. The lowest BCUT2D eigenvalue weighted by atomic mass is 10.0. The van der Waals surface area contributed by atoms with Crippen LogP contribution < -0.4 is 4.74 Å². The molecule has 0 bridgehead atoms. The van der Waals surface area contributed by atoms with Crippen LogP contribution in [0.15, 0.2) is 48.5 Å². The van der Waals surface area contributed by atoms with Gasteiger partial charge in [0.05, 0.1) is 12.7 Å². The summed E-state index contributed by atoms with van der Waals surface area (Å²) < 4.78 is 5.85. The molecule has 4 rings (SSSR count). The van der Waals surface area contributed by atoms with Gasteiger partial charge < -0.3 is 19.6 Å². The number of amides is 1. The molecule has 0 radical (unpaired) electrons. The van der Waals surface area contributed by atoms with Crippen molar-refractivity contribution in [2.24, 2.45) is 0 Å². The number of aliphatic hydroxyl groups excluding tert-OH is 1. The molecule has 2 aliphatic heterocycles. The third kappa shape index (κ3) is 5.17. The molecule has 5 heteroatoms. The van der Waals surface area contributed by atoms with Gasteiger partial charge in [0.1, 0.15) is 5.75 Å². The second-order valence-corrected chi connectivity index (χ2v) is 8.05.